The number of nitrogens with zero attached hydrogens (tertiary/aromatic N) is 3. The molecule has 1 unspecified atom stereocenters. The number of benzene rings is 1. The first-order valence-corrected chi connectivity index (χ1v) is 7.17. The molecule has 0 fully saturated rings. The molecule has 0 aliphatic carbocycles. The van der Waals surface area contributed by atoms with Crippen LogP contribution in [0, 0.1) is 12.7 Å². The number of methoxy groups -OCH3 is 1. The maximum Gasteiger partial charge on any atom is 0.573 e. The molecule has 3 rings (SSSR count). The Kier molecular flexibility index (Phi) is 4.34. The molecule has 2 aromatic heterocycles. The highest BCUT2D eigenvalue weighted by Crippen LogP contribution is 2.31. The Morgan fingerprint density at radius 1 is 1.16 bits per heavy atom. The minimum absolute atomic E-state index is 0.0550. The van der Waals surface area contributed by atoms with Gasteiger partial charge in [-0.3, -0.25) is 0 Å². The predicted molar refractivity (Wildman–Crippen MR) is 79.7 cm³/mol. The Labute approximate surface area is 139 Å². The van der Waals surface area contributed by atoms with Gasteiger partial charge in [-0.2, -0.15) is 5.10 Å². The van der Waals surface area contributed by atoms with Gasteiger partial charge in [0.15, 0.2) is 5.65 Å². The van der Waals surface area contributed by atoms with Crippen LogP contribution in [-0.2, 0) is 4.74 Å². The zero-order valence-electron chi connectivity index (χ0n) is 13.2. The monoisotopic (exact) mass is 355 g/mol. The number of rotatable bonds is 4. The molecule has 2 heterocycles. The normalized spacial score (nSPS) is 13.2. The second kappa shape index (κ2) is 6.32. The van der Waals surface area contributed by atoms with Crippen LogP contribution in [-0.4, -0.2) is 28.1 Å². The highest BCUT2D eigenvalue weighted by Gasteiger charge is 2.32. The summed E-state index contributed by atoms with van der Waals surface area (Å²) in [6.07, 6.45) is -4.43. The van der Waals surface area contributed by atoms with E-state index in [9.17, 15) is 17.6 Å². The van der Waals surface area contributed by atoms with E-state index in [1.807, 2.05) is 6.92 Å². The van der Waals surface area contributed by atoms with Crippen molar-refractivity contribution in [1.82, 2.24) is 14.6 Å². The van der Waals surface area contributed by atoms with E-state index in [0.717, 1.165) is 11.6 Å². The van der Waals surface area contributed by atoms with Crippen LogP contribution in [0.5, 0.6) is 5.75 Å². The molecular weight excluding hydrogens is 342 g/mol. The van der Waals surface area contributed by atoms with E-state index in [1.54, 1.807) is 12.1 Å². The van der Waals surface area contributed by atoms with Gasteiger partial charge in [0.1, 0.15) is 24.0 Å². The van der Waals surface area contributed by atoms with Gasteiger partial charge in [0.05, 0.1) is 5.69 Å². The number of hydrogen-bond acceptors (Lipinski definition) is 4. The molecule has 1 atom stereocenters. The number of alkyl halides is 3. The molecule has 0 saturated carbocycles. The summed E-state index contributed by atoms with van der Waals surface area (Å²) in [4.78, 5) is 4.08. The molecule has 25 heavy (non-hydrogen) atoms. The lowest BCUT2D eigenvalue weighted by atomic mass is 10.0. The van der Waals surface area contributed by atoms with Crippen LogP contribution < -0.4 is 4.74 Å². The van der Waals surface area contributed by atoms with Crippen LogP contribution >= 0.6 is 0 Å². The molecule has 0 radical (unpaired) electrons. The Balaban J connectivity index is 2.05. The fourth-order valence-corrected chi connectivity index (χ4v) is 2.60. The van der Waals surface area contributed by atoms with Gasteiger partial charge in [-0.15, -0.1) is 13.2 Å². The molecular formula is C16H13F4N3O2. The number of fused-ring (bicyclic) bond motifs is 1. The summed E-state index contributed by atoms with van der Waals surface area (Å²) in [5.74, 6) is -1.53. The van der Waals surface area contributed by atoms with Gasteiger partial charge < -0.3 is 9.47 Å². The SMILES string of the molecule is COC(c1ccc(OC(F)(F)F)cc1F)c1cc(C)cc2ncnn12. The standard InChI is InChI=1S/C16H13F4N3O2/c1-9-5-13(23-14(6-9)21-8-22-23)15(24-2)11-4-3-10(7-12(11)17)25-16(18,19)20/h3-8,15H,1-2H3. The molecule has 9 heteroatoms. The molecule has 0 aliphatic heterocycles. The summed E-state index contributed by atoms with van der Waals surface area (Å²) >= 11 is 0. The number of ether oxygens (including phenoxy) is 2. The topological polar surface area (TPSA) is 48.7 Å². The minimum Gasteiger partial charge on any atom is -0.406 e. The van der Waals surface area contributed by atoms with Gasteiger partial charge in [0, 0.05) is 18.7 Å². The summed E-state index contributed by atoms with van der Waals surface area (Å²) in [6, 6.07) is 6.43. The molecule has 5 nitrogen and oxygen atoms in total. The highest BCUT2D eigenvalue weighted by atomic mass is 19.4. The van der Waals surface area contributed by atoms with Crippen molar-refractivity contribution in [2.75, 3.05) is 7.11 Å². The highest BCUT2D eigenvalue weighted by molar-refractivity contribution is 5.44. The van der Waals surface area contributed by atoms with Gasteiger partial charge in [-0.25, -0.2) is 13.9 Å². The second-order valence-electron chi connectivity index (χ2n) is 5.33. The van der Waals surface area contributed by atoms with E-state index in [4.69, 9.17) is 4.74 Å². The molecule has 0 N–H and O–H groups in total. The first-order chi connectivity index (χ1) is 11.8. The average Bonchev–Trinajstić information content (AvgIpc) is 2.96. The van der Waals surface area contributed by atoms with Gasteiger partial charge in [0.2, 0.25) is 0 Å². The third-order valence-corrected chi connectivity index (χ3v) is 3.54. The van der Waals surface area contributed by atoms with Crippen molar-refractivity contribution >= 4 is 5.65 Å². The smallest absolute Gasteiger partial charge is 0.406 e. The van der Waals surface area contributed by atoms with Gasteiger partial charge in [-0.05, 0) is 36.8 Å². The van der Waals surface area contributed by atoms with E-state index in [1.165, 1.54) is 24.0 Å². The number of hydrogen-bond donors (Lipinski definition) is 0. The zero-order chi connectivity index (χ0) is 18.2. The number of pyridine rings is 1. The minimum atomic E-state index is -4.89. The summed E-state index contributed by atoms with van der Waals surface area (Å²) in [7, 11) is 1.37. The van der Waals surface area contributed by atoms with Crippen molar-refractivity contribution in [3.05, 3.63) is 59.3 Å². The van der Waals surface area contributed by atoms with Crippen LogP contribution in [0.4, 0.5) is 17.6 Å². The third kappa shape index (κ3) is 3.55. The van der Waals surface area contributed by atoms with E-state index >= 15 is 0 Å². The lowest BCUT2D eigenvalue weighted by Crippen LogP contribution is -2.17. The largest absolute Gasteiger partial charge is 0.573 e. The van der Waals surface area contributed by atoms with E-state index < -0.39 is 24.0 Å². The second-order valence-corrected chi connectivity index (χ2v) is 5.33. The van der Waals surface area contributed by atoms with Crippen LogP contribution in [0.3, 0.4) is 0 Å². The van der Waals surface area contributed by atoms with Gasteiger partial charge >= 0.3 is 6.36 Å². The fraction of sp³-hybridized carbons (Fsp3) is 0.250. The molecule has 0 aliphatic rings. The van der Waals surface area contributed by atoms with Gasteiger partial charge in [0.25, 0.3) is 0 Å². The first kappa shape index (κ1) is 17.2. The lowest BCUT2D eigenvalue weighted by molar-refractivity contribution is -0.274. The van der Waals surface area contributed by atoms with E-state index in [-0.39, 0.29) is 5.56 Å². The number of aryl methyl sites for hydroxylation is 1. The molecule has 3 aromatic rings. The summed E-state index contributed by atoms with van der Waals surface area (Å²) < 4.78 is 61.8. The molecule has 0 bridgehead atoms. The predicted octanol–water partition coefficient (Wildman–Crippen LogP) is 3.81. The summed E-state index contributed by atoms with van der Waals surface area (Å²) in [5, 5.41) is 4.08. The Morgan fingerprint density at radius 3 is 2.56 bits per heavy atom. The van der Waals surface area contributed by atoms with Gasteiger partial charge in [-0.1, -0.05) is 0 Å². The number of aromatic nitrogens is 3. The van der Waals surface area contributed by atoms with Crippen molar-refractivity contribution in [3.63, 3.8) is 0 Å². The quantitative estimate of drug-likeness (QED) is 0.668. The summed E-state index contributed by atoms with van der Waals surface area (Å²) in [5.41, 5.74) is 1.96. The lowest BCUT2D eigenvalue weighted by Gasteiger charge is -2.19. The molecule has 0 saturated heterocycles. The maximum atomic E-state index is 14.4. The molecule has 1 aromatic carbocycles. The molecule has 132 valence electrons. The Hall–Kier alpha value is -2.68. The van der Waals surface area contributed by atoms with Crippen molar-refractivity contribution in [2.24, 2.45) is 0 Å². The van der Waals surface area contributed by atoms with Crippen molar-refractivity contribution in [2.45, 2.75) is 19.4 Å². The average molecular weight is 355 g/mol. The van der Waals surface area contributed by atoms with Crippen molar-refractivity contribution < 1.29 is 27.0 Å². The van der Waals surface area contributed by atoms with Crippen molar-refractivity contribution in [3.8, 4) is 5.75 Å². The van der Waals surface area contributed by atoms with E-state index in [2.05, 4.69) is 14.8 Å². The molecule has 0 amide bonds. The maximum absolute atomic E-state index is 14.4. The van der Waals surface area contributed by atoms with E-state index in [0.29, 0.717) is 17.4 Å². The van der Waals surface area contributed by atoms with Crippen LogP contribution in [0.15, 0.2) is 36.7 Å². The third-order valence-electron chi connectivity index (χ3n) is 3.54. The zero-order valence-corrected chi connectivity index (χ0v) is 13.2. The van der Waals surface area contributed by atoms with Crippen LogP contribution in [0.1, 0.15) is 22.9 Å². The van der Waals surface area contributed by atoms with Crippen LogP contribution in [0.2, 0.25) is 0 Å². The Bertz CT molecular complexity index is 908. The van der Waals surface area contributed by atoms with Crippen molar-refractivity contribution in [1.29, 1.82) is 0 Å². The first-order valence-electron chi connectivity index (χ1n) is 7.17. The number of halogens is 4. The van der Waals surface area contributed by atoms with Crippen LogP contribution in [0.25, 0.3) is 5.65 Å². The summed E-state index contributed by atoms with van der Waals surface area (Å²) in [6.45, 7) is 1.83. The molecule has 0 spiro atoms. The Morgan fingerprint density at radius 2 is 1.92 bits per heavy atom. The fourth-order valence-electron chi connectivity index (χ4n) is 2.60.